The summed E-state index contributed by atoms with van der Waals surface area (Å²) in [5, 5.41) is 3.22. The smallest absolute Gasteiger partial charge is 0.317 e. The Kier molecular flexibility index (Phi) is 9.07. The van der Waals surface area contributed by atoms with Crippen LogP contribution >= 0.6 is 0 Å². The van der Waals surface area contributed by atoms with Crippen molar-refractivity contribution < 1.29 is 9.53 Å². The lowest BCUT2D eigenvalue weighted by molar-refractivity contribution is -0.145. The van der Waals surface area contributed by atoms with Crippen molar-refractivity contribution in [2.24, 2.45) is 5.92 Å². The van der Waals surface area contributed by atoms with Crippen LogP contribution in [0.5, 0.6) is 0 Å². The van der Waals surface area contributed by atoms with Crippen molar-refractivity contribution in [3.63, 3.8) is 0 Å². The molecule has 0 aliphatic heterocycles. The molecule has 0 rings (SSSR count). The Balaban J connectivity index is 5.25. The van der Waals surface area contributed by atoms with Crippen molar-refractivity contribution in [1.29, 1.82) is 0 Å². The largest absolute Gasteiger partial charge is 0.465 e. The number of hydrogen-bond acceptors (Lipinski definition) is 3. The molecule has 1 N–H and O–H groups in total. The normalized spacial score (nSPS) is 13.6. The highest BCUT2D eigenvalue weighted by Crippen LogP contribution is 2.24. The van der Waals surface area contributed by atoms with Gasteiger partial charge in [-0.3, -0.25) is 4.79 Å². The molecule has 3 heteroatoms. The predicted octanol–water partition coefficient (Wildman–Crippen LogP) is 3.43. The fourth-order valence-corrected chi connectivity index (χ4v) is 2.07. The molecule has 0 aliphatic carbocycles. The summed E-state index contributed by atoms with van der Waals surface area (Å²) < 4.78 is 5.12. The molecule has 0 fully saturated rings. The molecule has 3 nitrogen and oxygen atoms in total. The minimum absolute atomic E-state index is 0.195. The molecule has 0 aromatic carbocycles. The predicted molar refractivity (Wildman–Crippen MR) is 76.2 cm³/mol. The fourth-order valence-electron chi connectivity index (χ4n) is 2.07. The molecule has 0 amide bonds. The van der Waals surface area contributed by atoms with Gasteiger partial charge in [-0.1, -0.05) is 32.8 Å². The summed E-state index contributed by atoms with van der Waals surface area (Å²) in [4.78, 5) is 12.0. The third-order valence-electron chi connectivity index (χ3n) is 2.86. The van der Waals surface area contributed by atoms with Crippen LogP contribution in [0.25, 0.3) is 0 Å². The second-order valence-electron chi connectivity index (χ2n) is 4.22. The van der Waals surface area contributed by atoms with Crippen molar-refractivity contribution >= 4 is 5.97 Å². The van der Waals surface area contributed by atoms with Crippen molar-refractivity contribution in [3.8, 4) is 0 Å². The maximum Gasteiger partial charge on any atom is 0.317 e. The van der Waals surface area contributed by atoms with Crippen LogP contribution in [-0.2, 0) is 9.53 Å². The van der Waals surface area contributed by atoms with Gasteiger partial charge in [-0.25, -0.2) is 0 Å². The van der Waals surface area contributed by atoms with E-state index in [1.165, 1.54) is 0 Å². The van der Waals surface area contributed by atoms with Gasteiger partial charge in [0.05, 0.1) is 12.5 Å². The van der Waals surface area contributed by atoms with E-state index in [0.717, 1.165) is 37.0 Å². The van der Waals surface area contributed by atoms with Gasteiger partial charge >= 0.3 is 5.97 Å². The summed E-state index contributed by atoms with van der Waals surface area (Å²) in [5.74, 6) is -0.515. The molecule has 18 heavy (non-hydrogen) atoms. The average molecular weight is 253 g/mol. The summed E-state index contributed by atoms with van der Waals surface area (Å²) in [7, 11) is 1.91. The number of carbonyl (C=O) groups is 1. The van der Waals surface area contributed by atoms with E-state index in [-0.39, 0.29) is 11.9 Å². The quantitative estimate of drug-likeness (QED) is 0.505. The van der Waals surface area contributed by atoms with Crippen LogP contribution in [0.3, 0.4) is 0 Å². The lowest BCUT2D eigenvalue weighted by Gasteiger charge is -2.20. The van der Waals surface area contributed by atoms with Gasteiger partial charge in [0.2, 0.25) is 0 Å². The number of ether oxygens (including phenoxy) is 1. The SMILES string of the molecule is C=CC(C(=O)OCC)/C(CCC)=C(/CCC)NC. The zero-order valence-corrected chi connectivity index (χ0v) is 12.2. The van der Waals surface area contributed by atoms with E-state index in [4.69, 9.17) is 4.74 Å². The molecule has 0 bridgehead atoms. The summed E-state index contributed by atoms with van der Waals surface area (Å²) >= 11 is 0. The van der Waals surface area contributed by atoms with Gasteiger partial charge in [0.25, 0.3) is 0 Å². The molecule has 104 valence electrons. The Hall–Kier alpha value is -1.25. The topological polar surface area (TPSA) is 38.3 Å². The first-order valence-corrected chi connectivity index (χ1v) is 6.84. The molecule has 0 saturated carbocycles. The molecule has 0 aliphatic rings. The summed E-state index contributed by atoms with van der Waals surface area (Å²) in [5.41, 5.74) is 2.27. The Morgan fingerprint density at radius 3 is 2.28 bits per heavy atom. The number of carbonyl (C=O) groups excluding carboxylic acids is 1. The highest BCUT2D eigenvalue weighted by molar-refractivity contribution is 5.78. The van der Waals surface area contributed by atoms with Gasteiger partial charge in [0.1, 0.15) is 0 Å². The molecule has 1 unspecified atom stereocenters. The first-order valence-electron chi connectivity index (χ1n) is 6.84. The maximum absolute atomic E-state index is 12.0. The first kappa shape index (κ1) is 16.8. The molecule has 0 aromatic heterocycles. The van der Waals surface area contributed by atoms with Crippen LogP contribution in [0.1, 0.15) is 46.5 Å². The van der Waals surface area contributed by atoms with Gasteiger partial charge in [-0.05, 0) is 25.3 Å². The molecule has 1 atom stereocenters. The molecule has 0 aromatic rings. The fraction of sp³-hybridized carbons (Fsp3) is 0.667. The lowest BCUT2D eigenvalue weighted by atomic mass is 9.91. The van der Waals surface area contributed by atoms with Crippen LogP contribution in [-0.4, -0.2) is 19.6 Å². The standard InChI is InChI=1S/C15H27NO2/c1-6-10-13(14(16-5)11-7-2)12(8-3)15(17)18-9-4/h8,12,16H,3,6-7,9-11H2,1-2,4-5H3/b14-13-. The van der Waals surface area contributed by atoms with E-state index in [1.807, 2.05) is 14.0 Å². The van der Waals surface area contributed by atoms with E-state index >= 15 is 0 Å². The third-order valence-corrected chi connectivity index (χ3v) is 2.86. The van der Waals surface area contributed by atoms with Gasteiger partial charge in [-0.2, -0.15) is 0 Å². The maximum atomic E-state index is 12.0. The number of allylic oxidation sites excluding steroid dienone is 1. The summed E-state index contributed by atoms with van der Waals surface area (Å²) in [6, 6.07) is 0. The van der Waals surface area contributed by atoms with Crippen LogP contribution in [0, 0.1) is 5.92 Å². The number of rotatable bonds is 9. The summed E-state index contributed by atoms with van der Waals surface area (Å²) in [6.07, 6.45) is 5.60. The highest BCUT2D eigenvalue weighted by Gasteiger charge is 2.22. The molecular formula is C15H27NO2. The monoisotopic (exact) mass is 253 g/mol. The number of esters is 1. The second kappa shape index (κ2) is 9.75. The van der Waals surface area contributed by atoms with Crippen molar-refractivity contribution in [1.82, 2.24) is 5.32 Å². The zero-order valence-electron chi connectivity index (χ0n) is 12.2. The van der Waals surface area contributed by atoms with Crippen molar-refractivity contribution in [2.75, 3.05) is 13.7 Å². The van der Waals surface area contributed by atoms with Crippen LogP contribution in [0.2, 0.25) is 0 Å². The highest BCUT2D eigenvalue weighted by atomic mass is 16.5. The van der Waals surface area contributed by atoms with Gasteiger partial charge in [-0.15, -0.1) is 6.58 Å². The van der Waals surface area contributed by atoms with E-state index in [9.17, 15) is 4.79 Å². The minimum Gasteiger partial charge on any atom is -0.465 e. The third kappa shape index (κ3) is 4.94. The molecule has 0 spiro atoms. The van der Waals surface area contributed by atoms with E-state index < -0.39 is 0 Å². The average Bonchev–Trinajstić information content (AvgIpc) is 2.36. The number of nitrogens with one attached hydrogen (secondary N) is 1. The van der Waals surface area contributed by atoms with Crippen molar-refractivity contribution in [2.45, 2.75) is 46.5 Å². The summed E-state index contributed by atoms with van der Waals surface area (Å²) in [6.45, 7) is 10.3. The first-order chi connectivity index (χ1) is 8.65. The van der Waals surface area contributed by atoms with E-state index in [2.05, 4.69) is 25.7 Å². The van der Waals surface area contributed by atoms with Gasteiger partial charge < -0.3 is 10.1 Å². The van der Waals surface area contributed by atoms with Crippen LogP contribution in [0.15, 0.2) is 23.9 Å². The molecule has 0 saturated heterocycles. The van der Waals surface area contributed by atoms with Crippen LogP contribution in [0.4, 0.5) is 0 Å². The molecule has 0 heterocycles. The Morgan fingerprint density at radius 1 is 1.28 bits per heavy atom. The Morgan fingerprint density at radius 2 is 1.89 bits per heavy atom. The molecule has 0 radical (unpaired) electrons. The van der Waals surface area contributed by atoms with Crippen LogP contribution < -0.4 is 5.32 Å². The lowest BCUT2D eigenvalue weighted by Crippen LogP contribution is -2.22. The van der Waals surface area contributed by atoms with E-state index in [0.29, 0.717) is 6.61 Å². The van der Waals surface area contributed by atoms with Gasteiger partial charge in [0, 0.05) is 12.7 Å². The molecular weight excluding hydrogens is 226 g/mol. The second-order valence-corrected chi connectivity index (χ2v) is 4.22. The van der Waals surface area contributed by atoms with Crippen molar-refractivity contribution in [3.05, 3.63) is 23.9 Å². The Labute approximate surface area is 111 Å². The van der Waals surface area contributed by atoms with Gasteiger partial charge in [0.15, 0.2) is 0 Å². The zero-order chi connectivity index (χ0) is 14.0. The van der Waals surface area contributed by atoms with E-state index in [1.54, 1.807) is 6.08 Å². The minimum atomic E-state index is -0.320. The number of hydrogen-bond donors (Lipinski definition) is 1. The Bertz CT molecular complexity index is 295.